The Morgan fingerprint density at radius 2 is 1.94 bits per heavy atom. The average Bonchev–Trinajstić information content (AvgIpc) is 2.71. The Kier molecular flexibility index (Phi) is 5.47. The number of aromatic nitrogens is 1. The summed E-state index contributed by atoms with van der Waals surface area (Å²) in [4.78, 5) is 19.1. The van der Waals surface area contributed by atoms with Gasteiger partial charge in [0.15, 0.2) is 5.60 Å². The number of benzene rings is 2. The highest BCUT2D eigenvalue weighted by atomic mass is 32.2. The van der Waals surface area contributed by atoms with E-state index >= 15 is 0 Å². The number of nitrogens with zero attached hydrogens (tertiary/aromatic N) is 1. The van der Waals surface area contributed by atoms with Crippen molar-refractivity contribution in [2.45, 2.75) is 41.9 Å². The van der Waals surface area contributed by atoms with Crippen molar-refractivity contribution in [1.82, 2.24) is 4.98 Å². The third-order valence-corrected chi connectivity index (χ3v) is 6.83. The van der Waals surface area contributed by atoms with Crippen LogP contribution in [0.15, 0.2) is 69.3 Å². The molecule has 0 aliphatic carbocycles. The Balaban J connectivity index is 1.74. The van der Waals surface area contributed by atoms with Crippen LogP contribution < -0.4 is 5.56 Å². The van der Waals surface area contributed by atoms with Crippen molar-refractivity contribution in [3.63, 3.8) is 0 Å². The lowest BCUT2D eigenvalue weighted by atomic mass is 9.71. The molecule has 1 aliphatic heterocycles. The second kappa shape index (κ2) is 7.84. The number of halogens is 3. The molecule has 0 fully saturated rings. The van der Waals surface area contributed by atoms with Gasteiger partial charge in [-0.05, 0) is 53.8 Å². The first-order valence-corrected chi connectivity index (χ1v) is 10.8. The van der Waals surface area contributed by atoms with Crippen LogP contribution in [0, 0.1) is 0 Å². The fraction of sp³-hybridized carbons (Fsp3) is 0.304. The molecule has 2 aromatic carbocycles. The minimum atomic E-state index is -4.90. The van der Waals surface area contributed by atoms with Gasteiger partial charge < -0.3 is 10.1 Å². The van der Waals surface area contributed by atoms with Crippen molar-refractivity contribution < 1.29 is 18.3 Å². The van der Waals surface area contributed by atoms with Crippen molar-refractivity contribution in [3.8, 4) is 0 Å². The number of alkyl halides is 3. The van der Waals surface area contributed by atoms with E-state index in [2.05, 4.69) is 9.98 Å². The second-order valence-electron chi connectivity index (χ2n) is 8.07. The second-order valence-corrected chi connectivity index (χ2v) is 9.21. The third-order valence-electron chi connectivity index (χ3n) is 5.76. The number of hydrogen-bond acceptors (Lipinski definition) is 4. The van der Waals surface area contributed by atoms with Crippen LogP contribution in [0.25, 0.3) is 10.9 Å². The Labute approximate surface area is 181 Å². The molecule has 2 N–H and O–H groups in total. The SMILES string of the molecule is CC1(CC(O)(/C=N/c2cccc3[nH]c(=O)ccc23)C(F)(F)F)CCSc2ccccc21. The van der Waals surface area contributed by atoms with Crippen LogP contribution >= 0.6 is 11.8 Å². The Morgan fingerprint density at radius 1 is 1.16 bits per heavy atom. The number of aliphatic hydroxyl groups is 1. The number of fused-ring (bicyclic) bond motifs is 2. The van der Waals surface area contributed by atoms with Gasteiger partial charge in [-0.2, -0.15) is 13.2 Å². The maximum absolute atomic E-state index is 14.1. The largest absolute Gasteiger partial charge is 0.422 e. The lowest BCUT2D eigenvalue weighted by Crippen LogP contribution is -2.51. The molecular weight excluding hydrogens is 425 g/mol. The fourth-order valence-corrected chi connectivity index (χ4v) is 5.49. The summed E-state index contributed by atoms with van der Waals surface area (Å²) in [5.41, 5.74) is -2.78. The van der Waals surface area contributed by atoms with Crippen molar-refractivity contribution in [2.75, 3.05) is 5.75 Å². The van der Waals surface area contributed by atoms with E-state index in [0.717, 1.165) is 10.5 Å². The number of aromatic amines is 1. The van der Waals surface area contributed by atoms with Crippen LogP contribution in [0.3, 0.4) is 0 Å². The number of nitrogens with one attached hydrogen (secondary N) is 1. The summed E-state index contributed by atoms with van der Waals surface area (Å²) < 4.78 is 42.2. The summed E-state index contributed by atoms with van der Waals surface area (Å²) in [5.74, 6) is 0.676. The van der Waals surface area contributed by atoms with Crippen molar-refractivity contribution in [3.05, 3.63) is 70.5 Å². The molecule has 0 saturated carbocycles. The highest BCUT2D eigenvalue weighted by molar-refractivity contribution is 7.99. The van der Waals surface area contributed by atoms with Gasteiger partial charge in [-0.3, -0.25) is 9.79 Å². The maximum Gasteiger partial charge on any atom is 0.422 e. The molecule has 2 atom stereocenters. The first kappa shape index (κ1) is 21.6. The summed E-state index contributed by atoms with van der Waals surface area (Å²) in [6.45, 7) is 1.76. The molecule has 162 valence electrons. The van der Waals surface area contributed by atoms with E-state index in [9.17, 15) is 23.1 Å². The lowest BCUT2D eigenvalue weighted by molar-refractivity contribution is -0.235. The predicted octanol–water partition coefficient (Wildman–Crippen LogP) is 5.37. The molecule has 2 unspecified atom stereocenters. The number of pyridine rings is 1. The molecule has 1 aromatic heterocycles. The van der Waals surface area contributed by atoms with Crippen LogP contribution in [0.4, 0.5) is 18.9 Å². The Bertz CT molecular complexity index is 1210. The molecule has 0 spiro atoms. The van der Waals surface area contributed by atoms with E-state index < -0.39 is 23.6 Å². The van der Waals surface area contributed by atoms with Gasteiger partial charge in [0.2, 0.25) is 5.56 Å². The lowest BCUT2D eigenvalue weighted by Gasteiger charge is -2.41. The van der Waals surface area contributed by atoms with Crippen LogP contribution in [-0.4, -0.2) is 33.8 Å². The predicted molar refractivity (Wildman–Crippen MR) is 117 cm³/mol. The number of hydrogen-bond donors (Lipinski definition) is 2. The number of rotatable bonds is 4. The van der Waals surface area contributed by atoms with Crippen LogP contribution in [0.1, 0.15) is 25.3 Å². The zero-order valence-corrected chi connectivity index (χ0v) is 17.6. The van der Waals surface area contributed by atoms with E-state index in [1.165, 1.54) is 12.1 Å². The van der Waals surface area contributed by atoms with E-state index in [1.807, 2.05) is 18.2 Å². The van der Waals surface area contributed by atoms with Gasteiger partial charge in [-0.25, -0.2) is 0 Å². The molecule has 3 aromatic rings. The Morgan fingerprint density at radius 3 is 2.71 bits per heavy atom. The van der Waals surface area contributed by atoms with E-state index in [0.29, 0.717) is 29.3 Å². The topological polar surface area (TPSA) is 65.5 Å². The highest BCUT2D eigenvalue weighted by Gasteiger charge is 2.56. The highest BCUT2D eigenvalue weighted by Crippen LogP contribution is 2.48. The smallest absolute Gasteiger partial charge is 0.376 e. The van der Waals surface area contributed by atoms with E-state index in [4.69, 9.17) is 0 Å². The normalized spacial score (nSPS) is 21.2. The fourth-order valence-electron chi connectivity index (χ4n) is 4.07. The van der Waals surface area contributed by atoms with Gasteiger partial charge in [0.05, 0.1) is 11.2 Å². The molecule has 4 rings (SSSR count). The van der Waals surface area contributed by atoms with Gasteiger partial charge in [0.25, 0.3) is 0 Å². The molecule has 0 amide bonds. The molecule has 8 heteroatoms. The number of aliphatic imine (C=N–C) groups is 1. The molecule has 0 saturated heterocycles. The average molecular weight is 446 g/mol. The van der Waals surface area contributed by atoms with Gasteiger partial charge in [0.1, 0.15) is 0 Å². The minimum Gasteiger partial charge on any atom is -0.376 e. The summed E-state index contributed by atoms with van der Waals surface area (Å²) in [6, 6.07) is 15.0. The summed E-state index contributed by atoms with van der Waals surface area (Å²) in [6.07, 6.45) is -4.33. The molecule has 0 bridgehead atoms. The minimum absolute atomic E-state index is 0.237. The summed E-state index contributed by atoms with van der Waals surface area (Å²) in [7, 11) is 0. The van der Waals surface area contributed by atoms with Crippen molar-refractivity contribution in [1.29, 1.82) is 0 Å². The quantitative estimate of drug-likeness (QED) is 0.530. The van der Waals surface area contributed by atoms with Crippen molar-refractivity contribution in [2.24, 2.45) is 4.99 Å². The first-order valence-electron chi connectivity index (χ1n) is 9.80. The number of H-pyrrole nitrogens is 1. The standard InChI is InChI=1S/C23H21F3N2O2S/c1-21(11-12-31-19-8-3-2-5-16(19)21)13-22(30,23(24,25)26)14-27-17-6-4-7-18-15(17)9-10-20(29)28-18/h2-10,14,30H,11-13H2,1H3,(H,28,29)/b27-14+. The van der Waals surface area contributed by atoms with Crippen LogP contribution in [0.5, 0.6) is 0 Å². The third kappa shape index (κ3) is 4.14. The molecule has 0 radical (unpaired) electrons. The number of thioether (sulfide) groups is 1. The van der Waals surface area contributed by atoms with Gasteiger partial charge in [-0.15, -0.1) is 11.8 Å². The Hall–Kier alpha value is -2.58. The molecular formula is C23H21F3N2O2S. The maximum atomic E-state index is 14.1. The van der Waals surface area contributed by atoms with Crippen LogP contribution in [-0.2, 0) is 5.41 Å². The monoisotopic (exact) mass is 446 g/mol. The van der Waals surface area contributed by atoms with Gasteiger partial charge >= 0.3 is 6.18 Å². The summed E-state index contributed by atoms with van der Waals surface area (Å²) >= 11 is 1.61. The van der Waals surface area contributed by atoms with Gasteiger partial charge in [0, 0.05) is 22.6 Å². The molecule has 1 aliphatic rings. The molecule has 4 nitrogen and oxygen atoms in total. The van der Waals surface area contributed by atoms with E-state index in [-0.39, 0.29) is 11.2 Å². The molecule has 31 heavy (non-hydrogen) atoms. The zero-order valence-electron chi connectivity index (χ0n) is 16.7. The van der Waals surface area contributed by atoms with Crippen molar-refractivity contribution >= 4 is 34.6 Å². The van der Waals surface area contributed by atoms with Gasteiger partial charge in [-0.1, -0.05) is 31.2 Å². The molecule has 2 heterocycles. The zero-order chi connectivity index (χ0) is 22.3. The summed E-state index contributed by atoms with van der Waals surface area (Å²) in [5, 5.41) is 11.3. The first-order chi connectivity index (χ1) is 14.6. The van der Waals surface area contributed by atoms with E-state index in [1.54, 1.807) is 43.0 Å². The van der Waals surface area contributed by atoms with Crippen LogP contribution in [0.2, 0.25) is 0 Å².